The molecule has 0 aliphatic carbocycles. The average Bonchev–Trinajstić information content (AvgIpc) is 2.46. The molecule has 2 heteroatoms. The summed E-state index contributed by atoms with van der Waals surface area (Å²) in [6.45, 7) is 12.6. The minimum atomic E-state index is -0.593. The molecule has 0 aromatic heterocycles. The lowest BCUT2D eigenvalue weighted by atomic mass is 10.1. The fourth-order valence-electron chi connectivity index (χ4n) is 3.13. The third-order valence-electron chi connectivity index (χ3n) is 4.40. The standard InChI is InChI=1S/C20H43OSi/c1-6-7-8-9-10-11-12-13-14-15-16-17-18-21-22(19(2)3)20(4)5/h19-20H,6-18H2,1-5H3. The Hall–Kier alpha value is 0.177. The molecule has 133 valence electrons. The van der Waals surface area contributed by atoms with Gasteiger partial charge in [0, 0.05) is 6.61 Å². The van der Waals surface area contributed by atoms with Crippen molar-refractivity contribution in [3.63, 3.8) is 0 Å². The smallest absolute Gasteiger partial charge is 0.216 e. The maximum atomic E-state index is 6.16. The highest BCUT2D eigenvalue weighted by molar-refractivity contribution is 6.54. The van der Waals surface area contributed by atoms with E-state index < -0.39 is 9.04 Å². The topological polar surface area (TPSA) is 9.23 Å². The molecule has 0 spiro atoms. The minimum Gasteiger partial charge on any atom is -0.416 e. The Labute approximate surface area is 143 Å². The van der Waals surface area contributed by atoms with Crippen LogP contribution in [0.1, 0.15) is 112 Å². The van der Waals surface area contributed by atoms with Crippen LogP contribution in [-0.2, 0) is 4.43 Å². The summed E-state index contributed by atoms with van der Waals surface area (Å²) >= 11 is 0. The molecular formula is C20H43OSi. The first kappa shape index (κ1) is 22.2. The van der Waals surface area contributed by atoms with Gasteiger partial charge in [-0.25, -0.2) is 0 Å². The zero-order valence-corrected chi connectivity index (χ0v) is 17.3. The third-order valence-corrected chi connectivity index (χ3v) is 7.22. The Balaban J connectivity index is 3.23. The summed E-state index contributed by atoms with van der Waals surface area (Å²) in [5.74, 6) is 0. The molecular weight excluding hydrogens is 284 g/mol. The van der Waals surface area contributed by atoms with E-state index in [9.17, 15) is 0 Å². The second-order valence-electron chi connectivity index (χ2n) is 7.45. The maximum Gasteiger partial charge on any atom is 0.216 e. The Bertz CT molecular complexity index is 208. The molecule has 0 heterocycles. The van der Waals surface area contributed by atoms with Gasteiger partial charge in [-0.15, -0.1) is 0 Å². The lowest BCUT2D eigenvalue weighted by Gasteiger charge is -2.22. The maximum absolute atomic E-state index is 6.16. The predicted octanol–water partition coefficient (Wildman–Crippen LogP) is 7.52. The largest absolute Gasteiger partial charge is 0.416 e. The van der Waals surface area contributed by atoms with Gasteiger partial charge in [0.2, 0.25) is 9.04 Å². The molecule has 0 aliphatic rings. The van der Waals surface area contributed by atoms with Gasteiger partial charge in [-0.3, -0.25) is 0 Å². The molecule has 0 aromatic carbocycles. The van der Waals surface area contributed by atoms with Gasteiger partial charge in [-0.1, -0.05) is 105 Å². The first-order valence-electron chi connectivity index (χ1n) is 10.1. The van der Waals surface area contributed by atoms with Crippen molar-refractivity contribution in [2.75, 3.05) is 6.61 Å². The zero-order chi connectivity index (χ0) is 16.6. The Morgan fingerprint density at radius 2 is 0.955 bits per heavy atom. The fourth-order valence-corrected chi connectivity index (χ4v) is 5.51. The van der Waals surface area contributed by atoms with E-state index in [1.54, 1.807) is 0 Å². The van der Waals surface area contributed by atoms with Crippen LogP contribution >= 0.6 is 0 Å². The van der Waals surface area contributed by atoms with Crippen molar-refractivity contribution in [3.8, 4) is 0 Å². The molecule has 0 aliphatic heterocycles. The van der Waals surface area contributed by atoms with Crippen molar-refractivity contribution < 1.29 is 4.43 Å². The van der Waals surface area contributed by atoms with Crippen LogP contribution in [0, 0.1) is 0 Å². The van der Waals surface area contributed by atoms with Gasteiger partial charge >= 0.3 is 0 Å². The lowest BCUT2D eigenvalue weighted by molar-refractivity contribution is 0.295. The van der Waals surface area contributed by atoms with E-state index in [0.29, 0.717) is 0 Å². The van der Waals surface area contributed by atoms with E-state index in [0.717, 1.165) is 17.7 Å². The van der Waals surface area contributed by atoms with Gasteiger partial charge in [0.05, 0.1) is 0 Å². The molecule has 0 fully saturated rings. The second-order valence-corrected chi connectivity index (χ2v) is 10.9. The molecule has 1 radical (unpaired) electrons. The molecule has 1 nitrogen and oxygen atoms in total. The van der Waals surface area contributed by atoms with Gasteiger partial charge in [0.15, 0.2) is 0 Å². The quantitative estimate of drug-likeness (QED) is 0.210. The van der Waals surface area contributed by atoms with Crippen LogP contribution in [0.15, 0.2) is 0 Å². The first-order chi connectivity index (χ1) is 10.6. The van der Waals surface area contributed by atoms with Crippen molar-refractivity contribution in [3.05, 3.63) is 0 Å². The Morgan fingerprint density at radius 3 is 1.32 bits per heavy atom. The fraction of sp³-hybridized carbons (Fsp3) is 1.00. The van der Waals surface area contributed by atoms with Crippen LogP contribution in [0.5, 0.6) is 0 Å². The van der Waals surface area contributed by atoms with E-state index in [2.05, 4.69) is 34.6 Å². The zero-order valence-electron chi connectivity index (χ0n) is 16.3. The second kappa shape index (κ2) is 16.0. The van der Waals surface area contributed by atoms with Gasteiger partial charge in [-0.05, 0) is 17.5 Å². The average molecular weight is 328 g/mol. The molecule has 0 saturated heterocycles. The molecule has 0 amide bonds. The van der Waals surface area contributed by atoms with Gasteiger partial charge in [-0.2, -0.15) is 0 Å². The summed E-state index contributed by atoms with van der Waals surface area (Å²) < 4.78 is 6.16. The minimum absolute atomic E-state index is 0.593. The molecule has 22 heavy (non-hydrogen) atoms. The van der Waals surface area contributed by atoms with Gasteiger partial charge < -0.3 is 4.43 Å². The van der Waals surface area contributed by atoms with Crippen molar-refractivity contribution in [1.82, 2.24) is 0 Å². The summed E-state index contributed by atoms with van der Waals surface area (Å²) in [5, 5.41) is 0. The molecule has 0 atom stereocenters. The van der Waals surface area contributed by atoms with E-state index in [4.69, 9.17) is 4.43 Å². The normalized spacial score (nSPS) is 12.0. The van der Waals surface area contributed by atoms with Gasteiger partial charge in [0.1, 0.15) is 0 Å². The summed E-state index contributed by atoms with van der Waals surface area (Å²) in [7, 11) is -0.593. The van der Waals surface area contributed by atoms with Gasteiger partial charge in [0.25, 0.3) is 0 Å². The molecule has 0 saturated carbocycles. The first-order valence-corrected chi connectivity index (χ1v) is 11.6. The highest BCUT2D eigenvalue weighted by Crippen LogP contribution is 2.21. The highest BCUT2D eigenvalue weighted by atomic mass is 28.3. The monoisotopic (exact) mass is 327 g/mol. The third kappa shape index (κ3) is 13.8. The number of hydrogen-bond donors (Lipinski definition) is 0. The van der Waals surface area contributed by atoms with Crippen molar-refractivity contribution >= 4 is 9.04 Å². The highest BCUT2D eigenvalue weighted by Gasteiger charge is 2.21. The van der Waals surface area contributed by atoms with Crippen LogP contribution in [0.25, 0.3) is 0 Å². The predicted molar refractivity (Wildman–Crippen MR) is 103 cm³/mol. The van der Waals surface area contributed by atoms with Crippen molar-refractivity contribution in [2.24, 2.45) is 0 Å². The van der Waals surface area contributed by atoms with Crippen LogP contribution < -0.4 is 0 Å². The van der Waals surface area contributed by atoms with Crippen LogP contribution in [0.4, 0.5) is 0 Å². The lowest BCUT2D eigenvalue weighted by Crippen LogP contribution is -2.26. The summed E-state index contributed by atoms with van der Waals surface area (Å²) in [6.07, 6.45) is 17.0. The molecule has 0 N–H and O–H groups in total. The van der Waals surface area contributed by atoms with E-state index >= 15 is 0 Å². The van der Waals surface area contributed by atoms with E-state index in [1.165, 1.54) is 77.0 Å². The number of hydrogen-bond acceptors (Lipinski definition) is 1. The Morgan fingerprint density at radius 1 is 0.591 bits per heavy atom. The van der Waals surface area contributed by atoms with Crippen LogP contribution in [0.2, 0.25) is 11.1 Å². The van der Waals surface area contributed by atoms with Crippen molar-refractivity contribution in [2.45, 2.75) is 123 Å². The SMILES string of the molecule is CCCCCCCCCCCCCCO[Si](C(C)C)C(C)C. The van der Waals surface area contributed by atoms with Crippen LogP contribution in [0.3, 0.4) is 0 Å². The molecule has 0 aromatic rings. The molecule has 0 bridgehead atoms. The summed E-state index contributed by atoms with van der Waals surface area (Å²) in [5.41, 5.74) is 1.48. The van der Waals surface area contributed by atoms with E-state index in [-0.39, 0.29) is 0 Å². The summed E-state index contributed by atoms with van der Waals surface area (Å²) in [6, 6.07) is 0. The summed E-state index contributed by atoms with van der Waals surface area (Å²) in [4.78, 5) is 0. The van der Waals surface area contributed by atoms with Crippen LogP contribution in [-0.4, -0.2) is 15.6 Å². The molecule has 0 rings (SSSR count). The number of rotatable bonds is 16. The van der Waals surface area contributed by atoms with Crippen molar-refractivity contribution in [1.29, 1.82) is 0 Å². The molecule has 0 unspecified atom stereocenters. The van der Waals surface area contributed by atoms with E-state index in [1.807, 2.05) is 0 Å². The number of unbranched alkanes of at least 4 members (excludes halogenated alkanes) is 11. The Kier molecular flexibility index (Phi) is 16.2.